The third kappa shape index (κ3) is 2.32. The zero-order valence-electron chi connectivity index (χ0n) is 12.4. The van der Waals surface area contributed by atoms with Crippen LogP contribution in [0.15, 0.2) is 18.2 Å². The van der Waals surface area contributed by atoms with Crippen LogP contribution in [0.5, 0.6) is 0 Å². The number of piperazine rings is 1. The fraction of sp³-hybridized carbons (Fsp3) is 0.625. The summed E-state index contributed by atoms with van der Waals surface area (Å²) in [5.74, 6) is 0. The van der Waals surface area contributed by atoms with E-state index in [-0.39, 0.29) is 5.54 Å². The average Bonchev–Trinajstić information content (AvgIpc) is 2.41. The van der Waals surface area contributed by atoms with Crippen molar-refractivity contribution in [1.29, 1.82) is 0 Å². The maximum atomic E-state index is 3.61. The second kappa shape index (κ2) is 4.71. The monoisotopic (exact) mass is 259 g/mol. The number of benzene rings is 1. The van der Waals surface area contributed by atoms with Gasteiger partial charge < -0.3 is 10.2 Å². The number of hydrogen-bond acceptors (Lipinski definition) is 3. The number of likely N-dealkylation sites (N-methyl/N-ethyl adjacent to an activating group) is 1. The van der Waals surface area contributed by atoms with E-state index in [0.29, 0.717) is 0 Å². The summed E-state index contributed by atoms with van der Waals surface area (Å²) in [5, 5.41) is 3.61. The van der Waals surface area contributed by atoms with Gasteiger partial charge in [0.1, 0.15) is 0 Å². The van der Waals surface area contributed by atoms with Crippen molar-refractivity contribution in [2.75, 3.05) is 43.4 Å². The Morgan fingerprint density at radius 1 is 1.21 bits per heavy atom. The molecule has 3 nitrogen and oxygen atoms in total. The van der Waals surface area contributed by atoms with Crippen LogP contribution < -0.4 is 10.2 Å². The van der Waals surface area contributed by atoms with E-state index < -0.39 is 0 Å². The van der Waals surface area contributed by atoms with Crippen molar-refractivity contribution in [1.82, 2.24) is 4.90 Å². The number of aryl methyl sites for hydroxylation is 1. The molecule has 0 unspecified atom stereocenters. The summed E-state index contributed by atoms with van der Waals surface area (Å²) in [5.41, 5.74) is 4.52. The minimum atomic E-state index is 0.246. The SMILES string of the molecule is CN1CCN(c2cccc3c2NCCC3)CC1(C)C. The molecule has 0 spiro atoms. The molecule has 1 aromatic rings. The van der Waals surface area contributed by atoms with Crippen LogP contribution >= 0.6 is 0 Å². The van der Waals surface area contributed by atoms with Crippen molar-refractivity contribution < 1.29 is 0 Å². The first-order chi connectivity index (χ1) is 9.08. The molecule has 0 amide bonds. The lowest BCUT2D eigenvalue weighted by Gasteiger charge is -2.47. The highest BCUT2D eigenvalue weighted by Gasteiger charge is 2.32. The molecule has 3 heteroatoms. The molecule has 0 atom stereocenters. The van der Waals surface area contributed by atoms with Gasteiger partial charge in [-0.05, 0) is 45.4 Å². The van der Waals surface area contributed by atoms with E-state index in [1.807, 2.05) is 0 Å². The lowest BCUT2D eigenvalue weighted by molar-refractivity contribution is 0.139. The van der Waals surface area contributed by atoms with Crippen molar-refractivity contribution in [3.63, 3.8) is 0 Å². The second-order valence-corrected chi connectivity index (χ2v) is 6.50. The van der Waals surface area contributed by atoms with Crippen molar-refractivity contribution >= 4 is 11.4 Å². The molecule has 2 heterocycles. The van der Waals surface area contributed by atoms with Crippen LogP contribution in [0.1, 0.15) is 25.8 Å². The average molecular weight is 259 g/mol. The Bertz CT molecular complexity index is 467. The fourth-order valence-electron chi connectivity index (χ4n) is 3.20. The number of nitrogens with one attached hydrogen (secondary N) is 1. The first-order valence-corrected chi connectivity index (χ1v) is 7.40. The predicted molar refractivity (Wildman–Crippen MR) is 82.2 cm³/mol. The molecule has 1 saturated heterocycles. The van der Waals surface area contributed by atoms with Gasteiger partial charge in [-0.25, -0.2) is 0 Å². The van der Waals surface area contributed by atoms with Gasteiger partial charge in [-0.2, -0.15) is 0 Å². The third-order valence-corrected chi connectivity index (χ3v) is 4.71. The van der Waals surface area contributed by atoms with Gasteiger partial charge >= 0.3 is 0 Å². The van der Waals surface area contributed by atoms with Crippen LogP contribution in [0, 0.1) is 0 Å². The lowest BCUT2D eigenvalue weighted by Crippen LogP contribution is -2.57. The predicted octanol–water partition coefficient (Wildman–Crippen LogP) is 2.58. The van der Waals surface area contributed by atoms with E-state index in [2.05, 4.69) is 54.2 Å². The first kappa shape index (κ1) is 12.8. The maximum absolute atomic E-state index is 3.61. The molecule has 0 bridgehead atoms. The molecule has 1 N–H and O–H groups in total. The van der Waals surface area contributed by atoms with E-state index >= 15 is 0 Å². The topological polar surface area (TPSA) is 18.5 Å². The van der Waals surface area contributed by atoms with E-state index in [0.717, 1.165) is 26.2 Å². The summed E-state index contributed by atoms with van der Waals surface area (Å²) in [6.07, 6.45) is 2.47. The zero-order valence-corrected chi connectivity index (χ0v) is 12.4. The van der Waals surface area contributed by atoms with E-state index in [1.54, 1.807) is 0 Å². The number of anilines is 2. The molecule has 0 radical (unpaired) electrons. The van der Waals surface area contributed by atoms with Crippen LogP contribution in [0.4, 0.5) is 11.4 Å². The smallest absolute Gasteiger partial charge is 0.0610 e. The largest absolute Gasteiger partial charge is 0.383 e. The Balaban J connectivity index is 1.90. The highest BCUT2D eigenvalue weighted by atomic mass is 15.3. The highest BCUT2D eigenvalue weighted by Crippen LogP contribution is 2.35. The van der Waals surface area contributed by atoms with Gasteiger partial charge in [-0.15, -0.1) is 0 Å². The summed E-state index contributed by atoms with van der Waals surface area (Å²) < 4.78 is 0. The maximum Gasteiger partial charge on any atom is 0.0610 e. The molecule has 0 saturated carbocycles. The van der Waals surface area contributed by atoms with Crippen LogP contribution in [-0.4, -0.2) is 43.7 Å². The van der Waals surface area contributed by atoms with Crippen molar-refractivity contribution in [2.45, 2.75) is 32.2 Å². The minimum Gasteiger partial charge on any atom is -0.383 e. The van der Waals surface area contributed by atoms with Gasteiger partial charge in [0, 0.05) is 31.7 Å². The van der Waals surface area contributed by atoms with Crippen molar-refractivity contribution in [3.8, 4) is 0 Å². The minimum absolute atomic E-state index is 0.246. The molecular formula is C16H25N3. The van der Waals surface area contributed by atoms with Gasteiger partial charge in [0.25, 0.3) is 0 Å². The molecule has 104 valence electrons. The number of rotatable bonds is 1. The van der Waals surface area contributed by atoms with E-state index in [9.17, 15) is 0 Å². The number of para-hydroxylation sites is 1. The van der Waals surface area contributed by atoms with Gasteiger partial charge in [-0.1, -0.05) is 12.1 Å². The van der Waals surface area contributed by atoms with Crippen LogP contribution in [0.3, 0.4) is 0 Å². The quantitative estimate of drug-likeness (QED) is 0.836. The Kier molecular flexibility index (Phi) is 3.17. The second-order valence-electron chi connectivity index (χ2n) is 6.50. The van der Waals surface area contributed by atoms with E-state index in [4.69, 9.17) is 0 Å². The van der Waals surface area contributed by atoms with Crippen molar-refractivity contribution in [2.24, 2.45) is 0 Å². The number of nitrogens with zero attached hydrogens (tertiary/aromatic N) is 2. The molecule has 1 aromatic carbocycles. The normalized spacial score (nSPS) is 22.8. The highest BCUT2D eigenvalue weighted by molar-refractivity contribution is 5.74. The summed E-state index contributed by atoms with van der Waals surface area (Å²) >= 11 is 0. The first-order valence-electron chi connectivity index (χ1n) is 7.40. The lowest BCUT2D eigenvalue weighted by atomic mass is 9.97. The molecule has 0 aromatic heterocycles. The molecular weight excluding hydrogens is 234 g/mol. The summed E-state index contributed by atoms with van der Waals surface area (Å²) in [6.45, 7) is 9.14. The van der Waals surface area contributed by atoms with Crippen LogP contribution in [-0.2, 0) is 6.42 Å². The number of hydrogen-bond donors (Lipinski definition) is 1. The molecule has 3 rings (SSSR count). The molecule has 2 aliphatic heterocycles. The Morgan fingerprint density at radius 3 is 2.84 bits per heavy atom. The Hall–Kier alpha value is -1.22. The molecule has 2 aliphatic rings. The van der Waals surface area contributed by atoms with Gasteiger partial charge in [0.2, 0.25) is 0 Å². The van der Waals surface area contributed by atoms with Crippen molar-refractivity contribution in [3.05, 3.63) is 23.8 Å². The summed E-state index contributed by atoms with van der Waals surface area (Å²) in [7, 11) is 2.23. The van der Waals surface area contributed by atoms with Crippen LogP contribution in [0.25, 0.3) is 0 Å². The van der Waals surface area contributed by atoms with Crippen LogP contribution in [0.2, 0.25) is 0 Å². The molecule has 19 heavy (non-hydrogen) atoms. The Labute approximate surface area is 116 Å². The van der Waals surface area contributed by atoms with Gasteiger partial charge in [0.15, 0.2) is 0 Å². The zero-order chi connectivity index (χ0) is 13.5. The van der Waals surface area contributed by atoms with Gasteiger partial charge in [0.05, 0.1) is 11.4 Å². The van der Waals surface area contributed by atoms with Gasteiger partial charge in [-0.3, -0.25) is 4.90 Å². The van der Waals surface area contributed by atoms with E-state index in [1.165, 1.54) is 29.8 Å². The Morgan fingerprint density at radius 2 is 2.05 bits per heavy atom. The summed E-state index contributed by atoms with van der Waals surface area (Å²) in [6, 6.07) is 6.76. The fourth-order valence-corrected chi connectivity index (χ4v) is 3.20. The summed E-state index contributed by atoms with van der Waals surface area (Å²) in [4.78, 5) is 5.02. The standard InChI is InChI=1S/C16H25N3/c1-16(2)12-19(11-10-18(16)3)14-8-4-6-13-7-5-9-17-15(13)14/h4,6,8,17H,5,7,9-12H2,1-3H3. The molecule has 1 fully saturated rings. The molecule has 0 aliphatic carbocycles. The number of fused-ring (bicyclic) bond motifs is 1. The third-order valence-electron chi connectivity index (χ3n) is 4.71.